The molecule has 13 heteroatoms. The van der Waals surface area contributed by atoms with Crippen molar-refractivity contribution in [3.63, 3.8) is 0 Å². The maximum Gasteiger partial charge on any atom is 0.407 e. The summed E-state index contributed by atoms with van der Waals surface area (Å²) in [6.45, 7) is 5.55. The fourth-order valence-corrected chi connectivity index (χ4v) is 2.28. The fraction of sp³-hybridized carbons (Fsp3) is 0.762. The molecule has 0 heterocycles. The highest BCUT2D eigenvalue weighted by Crippen LogP contribution is 1.93. The van der Waals surface area contributed by atoms with Crippen LogP contribution in [0.15, 0.2) is 0 Å². The summed E-state index contributed by atoms with van der Waals surface area (Å²) < 4.78 is 29.7. The molecule has 0 aromatic carbocycles. The van der Waals surface area contributed by atoms with Gasteiger partial charge in [-0.1, -0.05) is 6.92 Å². The van der Waals surface area contributed by atoms with Gasteiger partial charge in [-0.3, -0.25) is 14.5 Å². The van der Waals surface area contributed by atoms with Crippen molar-refractivity contribution in [1.82, 2.24) is 10.2 Å². The summed E-state index contributed by atoms with van der Waals surface area (Å²) in [6, 6.07) is 0. The van der Waals surface area contributed by atoms with Gasteiger partial charge < -0.3 is 33.7 Å². The summed E-state index contributed by atoms with van der Waals surface area (Å²) in [5.74, 6) is -1.85. The number of nitrogens with one attached hydrogen (secondary N) is 1. The molecule has 0 aliphatic rings. The van der Waals surface area contributed by atoms with Gasteiger partial charge in [0, 0.05) is 26.6 Å². The zero-order valence-corrected chi connectivity index (χ0v) is 20.1. The summed E-state index contributed by atoms with van der Waals surface area (Å²) in [7, 11) is 0. The first-order valence-corrected chi connectivity index (χ1v) is 11.0. The topological polar surface area (TPSA) is 156 Å². The first-order valence-electron chi connectivity index (χ1n) is 11.0. The van der Waals surface area contributed by atoms with E-state index in [1.807, 2.05) is 6.92 Å². The lowest BCUT2D eigenvalue weighted by molar-refractivity contribution is -0.156. The minimum absolute atomic E-state index is 0.00249. The second-order valence-corrected chi connectivity index (χ2v) is 6.93. The van der Waals surface area contributed by atoms with Crippen molar-refractivity contribution in [2.24, 2.45) is 0 Å². The van der Waals surface area contributed by atoms with Crippen molar-refractivity contribution in [1.29, 1.82) is 0 Å². The Bertz CT molecular complexity index is 628. The number of esters is 3. The third-order valence-corrected chi connectivity index (χ3v) is 3.71. The Labute approximate surface area is 199 Å². The molecule has 0 radical (unpaired) electrons. The van der Waals surface area contributed by atoms with E-state index in [2.05, 4.69) is 5.32 Å². The molecule has 0 aromatic rings. The van der Waals surface area contributed by atoms with Gasteiger partial charge in [-0.05, 0) is 13.3 Å². The van der Waals surface area contributed by atoms with Crippen LogP contribution in [0.25, 0.3) is 0 Å². The quantitative estimate of drug-likeness (QED) is 0.135. The van der Waals surface area contributed by atoms with E-state index in [0.717, 1.165) is 6.42 Å². The lowest BCUT2D eigenvalue weighted by Gasteiger charge is -2.20. The van der Waals surface area contributed by atoms with E-state index in [-0.39, 0.29) is 58.5 Å². The largest absolute Gasteiger partial charge is 0.465 e. The van der Waals surface area contributed by atoms with Crippen LogP contribution in [-0.4, -0.2) is 114 Å². The first kappa shape index (κ1) is 31.2. The Hall–Kier alpha value is -2.77. The van der Waals surface area contributed by atoms with Gasteiger partial charge in [0.15, 0.2) is 0 Å². The van der Waals surface area contributed by atoms with Crippen LogP contribution in [-0.2, 0) is 47.6 Å². The first-order chi connectivity index (χ1) is 16.2. The third kappa shape index (κ3) is 21.1. The Morgan fingerprint density at radius 2 is 1.32 bits per heavy atom. The van der Waals surface area contributed by atoms with Crippen LogP contribution in [0, 0.1) is 0 Å². The standard InChI is InChI=1S/C21H36N2O11/c1-4-8-34-21(28)22-5-9-29-12-13-33-20(27)16-30-15-19(26)32-11-7-23(14-17(2)24)6-10-31-18(3)25/h4-16H2,1-3H3,(H,22,28). The van der Waals surface area contributed by atoms with Gasteiger partial charge in [-0.15, -0.1) is 0 Å². The van der Waals surface area contributed by atoms with Crippen molar-refractivity contribution in [3.8, 4) is 0 Å². The molecular weight excluding hydrogens is 456 g/mol. The van der Waals surface area contributed by atoms with Crippen LogP contribution in [0.2, 0.25) is 0 Å². The molecule has 0 aliphatic carbocycles. The number of alkyl carbamates (subject to hydrolysis) is 1. The number of hydrogen-bond acceptors (Lipinski definition) is 12. The maximum atomic E-state index is 11.7. The number of hydrogen-bond donors (Lipinski definition) is 1. The minimum atomic E-state index is -0.677. The molecular formula is C21H36N2O11. The summed E-state index contributed by atoms with van der Waals surface area (Å²) in [6.07, 6.45) is 0.224. The molecule has 0 aromatic heterocycles. The van der Waals surface area contributed by atoms with Crippen molar-refractivity contribution in [3.05, 3.63) is 0 Å². The Kier molecular flexibility index (Phi) is 19.1. The molecule has 1 amide bonds. The Morgan fingerprint density at radius 1 is 0.706 bits per heavy atom. The number of rotatable bonds is 20. The summed E-state index contributed by atoms with van der Waals surface area (Å²) in [5, 5.41) is 2.50. The molecule has 1 N–H and O–H groups in total. The lowest BCUT2D eigenvalue weighted by Crippen LogP contribution is -2.35. The van der Waals surface area contributed by atoms with Gasteiger partial charge in [0.2, 0.25) is 0 Å². The number of ketones is 1. The number of amides is 1. The molecule has 0 bridgehead atoms. The molecule has 0 aliphatic heterocycles. The van der Waals surface area contributed by atoms with Gasteiger partial charge >= 0.3 is 24.0 Å². The molecule has 0 atom stereocenters. The van der Waals surface area contributed by atoms with Gasteiger partial charge in [0.05, 0.1) is 26.4 Å². The van der Waals surface area contributed by atoms with Gasteiger partial charge in [0.25, 0.3) is 0 Å². The van der Waals surface area contributed by atoms with E-state index in [1.165, 1.54) is 13.8 Å². The summed E-state index contributed by atoms with van der Waals surface area (Å²) in [5.41, 5.74) is 0. The lowest BCUT2D eigenvalue weighted by atomic mass is 10.4. The minimum Gasteiger partial charge on any atom is -0.465 e. The Morgan fingerprint density at radius 3 is 1.91 bits per heavy atom. The smallest absolute Gasteiger partial charge is 0.407 e. The van der Waals surface area contributed by atoms with E-state index in [1.54, 1.807) is 4.90 Å². The molecule has 0 saturated heterocycles. The number of nitrogens with zero attached hydrogens (tertiary/aromatic N) is 1. The zero-order valence-electron chi connectivity index (χ0n) is 20.1. The van der Waals surface area contributed by atoms with Crippen LogP contribution in [0.3, 0.4) is 0 Å². The Balaban J connectivity index is 3.75. The van der Waals surface area contributed by atoms with E-state index >= 15 is 0 Å². The summed E-state index contributed by atoms with van der Waals surface area (Å²) in [4.78, 5) is 58.2. The number of Topliss-reactive ketones (excluding diaryl/α,β-unsaturated/α-hetero) is 1. The van der Waals surface area contributed by atoms with Crippen LogP contribution < -0.4 is 5.32 Å². The molecule has 34 heavy (non-hydrogen) atoms. The van der Waals surface area contributed by atoms with E-state index in [0.29, 0.717) is 13.2 Å². The highest BCUT2D eigenvalue weighted by Gasteiger charge is 2.11. The van der Waals surface area contributed by atoms with Crippen molar-refractivity contribution in [2.45, 2.75) is 27.2 Å². The van der Waals surface area contributed by atoms with E-state index < -0.39 is 37.2 Å². The van der Waals surface area contributed by atoms with Crippen LogP contribution in [0.1, 0.15) is 27.2 Å². The predicted octanol–water partition coefficient (Wildman–Crippen LogP) is -0.304. The molecule has 0 unspecified atom stereocenters. The highest BCUT2D eigenvalue weighted by atomic mass is 16.6. The van der Waals surface area contributed by atoms with Crippen molar-refractivity contribution in [2.75, 3.05) is 79.0 Å². The van der Waals surface area contributed by atoms with E-state index in [9.17, 15) is 24.0 Å². The monoisotopic (exact) mass is 492 g/mol. The summed E-state index contributed by atoms with van der Waals surface area (Å²) >= 11 is 0. The normalized spacial score (nSPS) is 10.5. The fourth-order valence-electron chi connectivity index (χ4n) is 2.28. The average Bonchev–Trinajstić information content (AvgIpc) is 2.76. The highest BCUT2D eigenvalue weighted by molar-refractivity contribution is 5.77. The maximum absolute atomic E-state index is 11.7. The van der Waals surface area contributed by atoms with Gasteiger partial charge in [0.1, 0.15) is 38.8 Å². The third-order valence-electron chi connectivity index (χ3n) is 3.71. The molecule has 13 nitrogen and oxygen atoms in total. The van der Waals surface area contributed by atoms with Gasteiger partial charge in [-0.2, -0.15) is 0 Å². The molecule has 0 fully saturated rings. The zero-order chi connectivity index (χ0) is 25.6. The van der Waals surface area contributed by atoms with Crippen molar-refractivity contribution >= 4 is 29.8 Å². The van der Waals surface area contributed by atoms with Crippen LogP contribution in [0.5, 0.6) is 0 Å². The molecule has 196 valence electrons. The van der Waals surface area contributed by atoms with Crippen LogP contribution >= 0.6 is 0 Å². The average molecular weight is 493 g/mol. The molecule has 0 saturated carbocycles. The number of ether oxygens (including phenoxy) is 6. The molecule has 0 spiro atoms. The predicted molar refractivity (Wildman–Crippen MR) is 117 cm³/mol. The number of carbonyl (C=O) groups is 5. The van der Waals surface area contributed by atoms with Gasteiger partial charge in [-0.25, -0.2) is 14.4 Å². The van der Waals surface area contributed by atoms with E-state index in [4.69, 9.17) is 28.4 Å². The second-order valence-electron chi connectivity index (χ2n) is 6.93. The number of carbonyl (C=O) groups excluding carboxylic acids is 5. The SMILES string of the molecule is CCCOC(=O)NCCOCCOC(=O)COCC(=O)OCCN(CCOC(C)=O)CC(C)=O. The van der Waals surface area contributed by atoms with Crippen LogP contribution in [0.4, 0.5) is 4.79 Å². The molecule has 0 rings (SSSR count). The van der Waals surface area contributed by atoms with Crippen molar-refractivity contribution < 1.29 is 52.4 Å². The second kappa shape index (κ2) is 20.8.